The highest BCUT2D eigenvalue weighted by atomic mass is 35.5. The summed E-state index contributed by atoms with van der Waals surface area (Å²) >= 11 is 5.90. The van der Waals surface area contributed by atoms with Crippen molar-refractivity contribution in [3.63, 3.8) is 0 Å². The first kappa shape index (κ1) is 21.2. The van der Waals surface area contributed by atoms with Crippen LogP contribution < -0.4 is 15.8 Å². The van der Waals surface area contributed by atoms with Gasteiger partial charge in [-0.2, -0.15) is 0 Å². The lowest BCUT2D eigenvalue weighted by Gasteiger charge is -2.13. The monoisotopic (exact) mass is 421 g/mol. The van der Waals surface area contributed by atoms with E-state index in [0.717, 1.165) is 22.6 Å². The Kier molecular flexibility index (Phi) is 6.93. The lowest BCUT2D eigenvalue weighted by Crippen LogP contribution is -2.12. The SMILES string of the molecule is C=C(Cc1ccccc1)/N=C(\C=C(/N)Cl)Nc1ccc(-n2cnc(C)c2)c(OC)c1. The van der Waals surface area contributed by atoms with E-state index >= 15 is 0 Å². The molecule has 7 heteroatoms. The highest BCUT2D eigenvalue weighted by Crippen LogP contribution is 2.27. The maximum atomic E-state index is 5.90. The van der Waals surface area contributed by atoms with Crippen LogP contribution in [0.15, 0.2) is 89.6 Å². The zero-order valence-corrected chi connectivity index (χ0v) is 17.7. The number of allylic oxidation sites excluding steroid dienone is 1. The maximum Gasteiger partial charge on any atom is 0.144 e. The summed E-state index contributed by atoms with van der Waals surface area (Å²) in [5.74, 6) is 1.17. The van der Waals surface area contributed by atoms with Gasteiger partial charge in [0.05, 0.1) is 24.8 Å². The van der Waals surface area contributed by atoms with Crippen LogP contribution in [0, 0.1) is 6.92 Å². The van der Waals surface area contributed by atoms with E-state index in [4.69, 9.17) is 22.1 Å². The molecule has 1 aromatic heterocycles. The van der Waals surface area contributed by atoms with Gasteiger partial charge >= 0.3 is 0 Å². The predicted molar refractivity (Wildman–Crippen MR) is 123 cm³/mol. The third-order valence-electron chi connectivity index (χ3n) is 4.25. The number of nitrogens with zero attached hydrogens (tertiary/aromatic N) is 3. The summed E-state index contributed by atoms with van der Waals surface area (Å²) < 4.78 is 7.47. The Labute approximate surface area is 181 Å². The molecular formula is C23H24ClN5O. The molecule has 0 fully saturated rings. The molecule has 30 heavy (non-hydrogen) atoms. The molecule has 3 rings (SSSR count). The number of aryl methyl sites for hydroxylation is 1. The zero-order valence-electron chi connectivity index (χ0n) is 17.0. The number of amidine groups is 1. The molecule has 0 amide bonds. The highest BCUT2D eigenvalue weighted by molar-refractivity contribution is 6.31. The number of aliphatic imine (C=N–C) groups is 1. The molecule has 0 unspecified atom stereocenters. The second kappa shape index (κ2) is 9.80. The number of ether oxygens (including phenoxy) is 1. The van der Waals surface area contributed by atoms with Crippen LogP contribution in [-0.2, 0) is 6.42 Å². The summed E-state index contributed by atoms with van der Waals surface area (Å²) in [5, 5.41) is 3.35. The van der Waals surface area contributed by atoms with Crippen LogP contribution in [0.2, 0.25) is 0 Å². The van der Waals surface area contributed by atoms with Gasteiger partial charge in [-0.1, -0.05) is 48.5 Å². The molecule has 2 aromatic carbocycles. The number of hydrogen-bond acceptors (Lipinski definition) is 4. The van der Waals surface area contributed by atoms with Crippen molar-refractivity contribution in [1.82, 2.24) is 9.55 Å². The topological polar surface area (TPSA) is 77.5 Å². The Balaban J connectivity index is 1.84. The minimum absolute atomic E-state index is 0.117. The molecule has 0 radical (unpaired) electrons. The Morgan fingerprint density at radius 3 is 2.70 bits per heavy atom. The Morgan fingerprint density at radius 1 is 1.30 bits per heavy atom. The largest absolute Gasteiger partial charge is 0.494 e. The predicted octanol–water partition coefficient (Wildman–Crippen LogP) is 4.80. The van der Waals surface area contributed by atoms with E-state index in [1.165, 1.54) is 0 Å². The van der Waals surface area contributed by atoms with Crippen LogP contribution in [0.3, 0.4) is 0 Å². The Morgan fingerprint density at radius 2 is 2.07 bits per heavy atom. The summed E-state index contributed by atoms with van der Waals surface area (Å²) in [6.07, 6.45) is 5.85. The molecule has 0 saturated carbocycles. The lowest BCUT2D eigenvalue weighted by atomic mass is 10.1. The van der Waals surface area contributed by atoms with E-state index in [1.807, 2.05) is 66.2 Å². The van der Waals surface area contributed by atoms with Crippen LogP contribution in [0.1, 0.15) is 11.3 Å². The molecule has 0 aliphatic carbocycles. The van der Waals surface area contributed by atoms with Crippen molar-refractivity contribution in [3.05, 3.63) is 95.8 Å². The van der Waals surface area contributed by atoms with Gasteiger partial charge in [-0.15, -0.1) is 0 Å². The van der Waals surface area contributed by atoms with E-state index < -0.39 is 0 Å². The van der Waals surface area contributed by atoms with Gasteiger partial charge in [-0.3, -0.25) is 0 Å². The van der Waals surface area contributed by atoms with E-state index in [0.29, 0.717) is 23.7 Å². The van der Waals surface area contributed by atoms with Gasteiger partial charge in [0.15, 0.2) is 0 Å². The van der Waals surface area contributed by atoms with Gasteiger partial charge in [0.25, 0.3) is 0 Å². The van der Waals surface area contributed by atoms with Crippen molar-refractivity contribution >= 4 is 23.1 Å². The minimum Gasteiger partial charge on any atom is -0.494 e. The van der Waals surface area contributed by atoms with E-state index in [9.17, 15) is 0 Å². The number of aromatic nitrogens is 2. The average molecular weight is 422 g/mol. The maximum absolute atomic E-state index is 5.90. The van der Waals surface area contributed by atoms with E-state index in [1.54, 1.807) is 19.5 Å². The summed E-state index contributed by atoms with van der Waals surface area (Å²) in [6, 6.07) is 15.7. The standard InChI is InChI=1S/C23H24ClN5O/c1-16(11-18-7-5-4-6-8-18)27-23(13-22(24)25)28-19-9-10-20(21(12-19)30-3)29-14-17(2)26-15-29/h4-10,12-15H,1,11,25H2,2-3H3,(H,27,28)/b22-13-. The molecule has 0 aliphatic rings. The average Bonchev–Trinajstić information content (AvgIpc) is 3.14. The number of nitrogens with one attached hydrogen (secondary N) is 1. The highest BCUT2D eigenvalue weighted by Gasteiger charge is 2.09. The molecular weight excluding hydrogens is 398 g/mol. The first-order valence-electron chi connectivity index (χ1n) is 9.33. The summed E-state index contributed by atoms with van der Waals surface area (Å²) in [4.78, 5) is 8.83. The Bertz CT molecular complexity index is 1080. The van der Waals surface area contributed by atoms with Crippen molar-refractivity contribution in [2.75, 3.05) is 12.4 Å². The normalized spacial score (nSPS) is 12.0. The molecule has 0 saturated heterocycles. The quantitative estimate of drug-likeness (QED) is 0.326. The van der Waals surface area contributed by atoms with Crippen LogP contribution in [0.4, 0.5) is 5.69 Å². The second-order valence-electron chi connectivity index (χ2n) is 6.69. The first-order valence-corrected chi connectivity index (χ1v) is 9.71. The molecule has 154 valence electrons. The number of rotatable bonds is 7. The lowest BCUT2D eigenvalue weighted by molar-refractivity contribution is 0.413. The molecule has 1 heterocycles. The van der Waals surface area contributed by atoms with Gasteiger partial charge in [0.1, 0.15) is 16.7 Å². The van der Waals surface area contributed by atoms with Crippen LogP contribution in [0.5, 0.6) is 5.75 Å². The second-order valence-corrected chi connectivity index (χ2v) is 7.13. The van der Waals surface area contributed by atoms with Gasteiger partial charge in [0.2, 0.25) is 0 Å². The first-order chi connectivity index (χ1) is 14.4. The zero-order chi connectivity index (χ0) is 21.5. The molecule has 3 aromatic rings. The fraction of sp³-hybridized carbons (Fsp3) is 0.130. The van der Waals surface area contributed by atoms with E-state index in [-0.39, 0.29) is 5.16 Å². The molecule has 0 spiro atoms. The number of methoxy groups -OCH3 is 1. The van der Waals surface area contributed by atoms with Crippen molar-refractivity contribution in [2.45, 2.75) is 13.3 Å². The van der Waals surface area contributed by atoms with Gasteiger partial charge < -0.3 is 20.4 Å². The molecule has 0 aliphatic heterocycles. The van der Waals surface area contributed by atoms with Crippen LogP contribution in [0.25, 0.3) is 5.69 Å². The fourth-order valence-corrected chi connectivity index (χ4v) is 3.04. The molecule has 0 bridgehead atoms. The van der Waals surface area contributed by atoms with Crippen LogP contribution in [-0.4, -0.2) is 22.5 Å². The van der Waals surface area contributed by atoms with Gasteiger partial charge in [-0.05, 0) is 24.6 Å². The third kappa shape index (κ3) is 5.75. The minimum atomic E-state index is 0.117. The summed E-state index contributed by atoms with van der Waals surface area (Å²) in [7, 11) is 1.62. The van der Waals surface area contributed by atoms with Crippen molar-refractivity contribution in [1.29, 1.82) is 0 Å². The molecule has 6 nitrogen and oxygen atoms in total. The number of benzene rings is 2. The number of anilines is 1. The van der Waals surface area contributed by atoms with Gasteiger partial charge in [0, 0.05) is 36.1 Å². The van der Waals surface area contributed by atoms with E-state index in [2.05, 4.69) is 21.9 Å². The third-order valence-corrected chi connectivity index (χ3v) is 4.36. The number of hydrogen-bond donors (Lipinski definition) is 2. The van der Waals surface area contributed by atoms with Gasteiger partial charge in [-0.25, -0.2) is 9.98 Å². The van der Waals surface area contributed by atoms with Crippen LogP contribution >= 0.6 is 11.6 Å². The number of nitrogens with two attached hydrogens (primary N) is 1. The molecule has 3 N–H and O–H groups in total. The summed E-state index contributed by atoms with van der Waals surface area (Å²) in [5.41, 5.74) is 10.0. The number of imidazole rings is 1. The van der Waals surface area contributed by atoms with Crippen molar-refractivity contribution < 1.29 is 4.74 Å². The van der Waals surface area contributed by atoms with Crippen molar-refractivity contribution in [3.8, 4) is 11.4 Å². The summed E-state index contributed by atoms with van der Waals surface area (Å²) in [6.45, 7) is 5.99. The Hall–Kier alpha value is -3.51. The number of halogens is 1. The molecule has 0 atom stereocenters. The smallest absolute Gasteiger partial charge is 0.144 e. The van der Waals surface area contributed by atoms with Crippen molar-refractivity contribution in [2.24, 2.45) is 10.7 Å². The fourth-order valence-electron chi connectivity index (χ4n) is 2.94.